The van der Waals surface area contributed by atoms with E-state index in [1.54, 1.807) is 0 Å². The molecule has 2 aliphatic rings. The summed E-state index contributed by atoms with van der Waals surface area (Å²) in [4.78, 5) is 0. The van der Waals surface area contributed by atoms with E-state index >= 15 is 0 Å². The normalized spacial score (nSPS) is 23.1. The third-order valence-electron chi connectivity index (χ3n) is 3.92. The topological polar surface area (TPSA) is 35.2 Å². The van der Waals surface area contributed by atoms with Crippen LogP contribution >= 0.6 is 0 Å². The Hall–Kier alpha value is -1.02. The van der Waals surface area contributed by atoms with E-state index in [9.17, 15) is 0 Å². The number of ether oxygens (including phenoxy) is 1. The fourth-order valence-corrected chi connectivity index (χ4v) is 2.64. The molecule has 0 aromatic heterocycles. The van der Waals surface area contributed by atoms with Gasteiger partial charge in [-0.3, -0.25) is 0 Å². The van der Waals surface area contributed by atoms with Crippen LogP contribution in [0.25, 0.3) is 0 Å². The van der Waals surface area contributed by atoms with Gasteiger partial charge in [-0.05, 0) is 37.0 Å². The molecule has 1 aromatic rings. The van der Waals surface area contributed by atoms with Gasteiger partial charge < -0.3 is 10.5 Å². The van der Waals surface area contributed by atoms with E-state index in [1.165, 1.54) is 24.0 Å². The van der Waals surface area contributed by atoms with E-state index in [4.69, 9.17) is 10.5 Å². The highest BCUT2D eigenvalue weighted by molar-refractivity contribution is 5.45. The lowest BCUT2D eigenvalue weighted by Gasteiger charge is -2.20. The minimum Gasteiger partial charge on any atom is -0.493 e. The number of fused-ring (bicyclic) bond motifs is 1. The summed E-state index contributed by atoms with van der Waals surface area (Å²) in [6, 6.07) is 6.87. The van der Waals surface area contributed by atoms with Gasteiger partial charge in [0.15, 0.2) is 0 Å². The molecule has 80 valence electrons. The fraction of sp³-hybridized carbons (Fsp3) is 0.538. The predicted molar refractivity (Wildman–Crippen MR) is 60.2 cm³/mol. The fourth-order valence-electron chi connectivity index (χ4n) is 2.64. The molecule has 1 saturated carbocycles. The molecular weight excluding hydrogens is 186 g/mol. The van der Waals surface area contributed by atoms with Gasteiger partial charge in [0.1, 0.15) is 5.75 Å². The summed E-state index contributed by atoms with van der Waals surface area (Å²) < 4.78 is 5.52. The zero-order valence-corrected chi connectivity index (χ0v) is 9.12. The Morgan fingerprint density at radius 1 is 1.40 bits per heavy atom. The monoisotopic (exact) mass is 203 g/mol. The van der Waals surface area contributed by atoms with Gasteiger partial charge in [0, 0.05) is 17.9 Å². The Bertz CT molecular complexity index is 394. The molecule has 1 aliphatic carbocycles. The average Bonchev–Trinajstić information content (AvgIpc) is 2.91. The maximum atomic E-state index is 6.08. The molecule has 1 atom stereocenters. The van der Waals surface area contributed by atoms with Crippen molar-refractivity contribution in [2.75, 3.05) is 6.61 Å². The molecule has 1 fully saturated rings. The highest BCUT2D eigenvalue weighted by Crippen LogP contribution is 2.51. The van der Waals surface area contributed by atoms with E-state index in [-0.39, 0.29) is 11.5 Å². The van der Waals surface area contributed by atoms with Crippen molar-refractivity contribution in [1.82, 2.24) is 0 Å². The quantitative estimate of drug-likeness (QED) is 0.798. The molecule has 1 heterocycles. The molecule has 2 heteroatoms. The van der Waals surface area contributed by atoms with Crippen molar-refractivity contribution < 1.29 is 4.74 Å². The van der Waals surface area contributed by atoms with Crippen LogP contribution in [0.15, 0.2) is 18.2 Å². The Morgan fingerprint density at radius 3 is 2.87 bits per heavy atom. The van der Waals surface area contributed by atoms with Crippen molar-refractivity contribution in [2.45, 2.75) is 37.6 Å². The maximum absolute atomic E-state index is 6.08. The maximum Gasteiger partial charge on any atom is 0.122 e. The van der Waals surface area contributed by atoms with Crippen molar-refractivity contribution in [3.8, 4) is 5.75 Å². The zero-order chi connectivity index (χ0) is 10.5. The van der Waals surface area contributed by atoms with Crippen molar-refractivity contribution in [3.63, 3.8) is 0 Å². The number of hydrogen-bond acceptors (Lipinski definition) is 2. The Morgan fingerprint density at radius 2 is 2.20 bits per heavy atom. The van der Waals surface area contributed by atoms with Gasteiger partial charge in [0.2, 0.25) is 0 Å². The van der Waals surface area contributed by atoms with Crippen LogP contribution < -0.4 is 10.5 Å². The van der Waals surface area contributed by atoms with Crippen LogP contribution in [0.5, 0.6) is 5.75 Å². The first-order chi connectivity index (χ1) is 7.22. The van der Waals surface area contributed by atoms with Crippen LogP contribution in [0.2, 0.25) is 0 Å². The Kier molecular flexibility index (Phi) is 1.84. The van der Waals surface area contributed by atoms with Gasteiger partial charge in [-0.25, -0.2) is 0 Å². The average molecular weight is 203 g/mol. The zero-order valence-electron chi connectivity index (χ0n) is 9.12. The molecule has 0 radical (unpaired) electrons. The van der Waals surface area contributed by atoms with Gasteiger partial charge in [-0.2, -0.15) is 0 Å². The van der Waals surface area contributed by atoms with Crippen molar-refractivity contribution in [1.29, 1.82) is 0 Å². The smallest absolute Gasteiger partial charge is 0.122 e. The second-order valence-electron chi connectivity index (χ2n) is 4.87. The van der Waals surface area contributed by atoms with Crippen LogP contribution in [0.3, 0.4) is 0 Å². The number of hydrogen-bond donors (Lipinski definition) is 1. The molecule has 1 aromatic carbocycles. The summed E-state index contributed by atoms with van der Waals surface area (Å²) in [6.45, 7) is 2.96. The van der Waals surface area contributed by atoms with Gasteiger partial charge >= 0.3 is 0 Å². The van der Waals surface area contributed by atoms with E-state index in [2.05, 4.69) is 25.1 Å². The molecular formula is C13H17NO. The van der Waals surface area contributed by atoms with Gasteiger partial charge in [-0.1, -0.05) is 12.1 Å². The largest absolute Gasteiger partial charge is 0.493 e. The summed E-state index contributed by atoms with van der Waals surface area (Å²) in [5, 5.41) is 0. The molecule has 2 N–H and O–H groups in total. The highest BCUT2D eigenvalue weighted by atomic mass is 16.5. The van der Waals surface area contributed by atoms with Crippen LogP contribution in [0, 0.1) is 0 Å². The lowest BCUT2D eigenvalue weighted by atomic mass is 9.88. The van der Waals surface area contributed by atoms with Gasteiger partial charge in [-0.15, -0.1) is 0 Å². The molecule has 0 saturated heterocycles. The minimum absolute atomic E-state index is 0.262. The van der Waals surface area contributed by atoms with E-state index in [0.29, 0.717) is 0 Å². The second kappa shape index (κ2) is 2.99. The van der Waals surface area contributed by atoms with Crippen molar-refractivity contribution in [2.24, 2.45) is 5.73 Å². The van der Waals surface area contributed by atoms with E-state index in [0.717, 1.165) is 18.8 Å². The van der Waals surface area contributed by atoms with Gasteiger partial charge in [0.05, 0.1) is 6.61 Å². The van der Waals surface area contributed by atoms with E-state index in [1.807, 2.05) is 0 Å². The molecule has 15 heavy (non-hydrogen) atoms. The molecule has 3 rings (SSSR count). The predicted octanol–water partition coefficient (Wildman–Crippen LogP) is 2.00. The summed E-state index contributed by atoms with van der Waals surface area (Å²) in [5.74, 6) is 1.07. The second-order valence-corrected chi connectivity index (χ2v) is 4.87. The summed E-state index contributed by atoms with van der Waals surface area (Å²) in [7, 11) is 0. The molecule has 0 bridgehead atoms. The van der Waals surface area contributed by atoms with Gasteiger partial charge in [0.25, 0.3) is 0 Å². The highest BCUT2D eigenvalue weighted by Gasteiger charge is 2.47. The molecule has 0 spiro atoms. The Labute approximate surface area is 90.4 Å². The number of rotatable bonds is 2. The first-order valence-electron chi connectivity index (χ1n) is 5.74. The molecule has 0 amide bonds. The van der Waals surface area contributed by atoms with Crippen LogP contribution in [-0.2, 0) is 11.8 Å². The van der Waals surface area contributed by atoms with Crippen LogP contribution in [-0.4, -0.2) is 12.6 Å². The number of benzene rings is 1. The third-order valence-corrected chi connectivity index (χ3v) is 3.92. The molecule has 1 unspecified atom stereocenters. The first kappa shape index (κ1) is 9.22. The Balaban J connectivity index is 2.00. The summed E-state index contributed by atoms with van der Waals surface area (Å²) in [5.41, 5.74) is 9.13. The molecule has 2 nitrogen and oxygen atoms in total. The van der Waals surface area contributed by atoms with E-state index < -0.39 is 0 Å². The SMILES string of the molecule is CC(N)C1(c2ccc3c(c2)CCO3)CC1. The summed E-state index contributed by atoms with van der Waals surface area (Å²) in [6.07, 6.45) is 3.53. The molecule has 1 aliphatic heterocycles. The van der Waals surface area contributed by atoms with Crippen molar-refractivity contribution in [3.05, 3.63) is 29.3 Å². The lowest BCUT2D eigenvalue weighted by molar-refractivity contribution is 0.356. The third kappa shape index (κ3) is 1.28. The van der Waals surface area contributed by atoms with Crippen LogP contribution in [0.4, 0.5) is 0 Å². The van der Waals surface area contributed by atoms with Crippen molar-refractivity contribution >= 4 is 0 Å². The first-order valence-corrected chi connectivity index (χ1v) is 5.74. The van der Waals surface area contributed by atoms with Crippen LogP contribution in [0.1, 0.15) is 30.9 Å². The minimum atomic E-state index is 0.262. The standard InChI is InChI=1S/C13H17NO/c1-9(14)13(5-6-13)11-2-3-12-10(8-11)4-7-15-12/h2-3,8-9H,4-7,14H2,1H3. The lowest BCUT2D eigenvalue weighted by Crippen LogP contribution is -2.31. The summed E-state index contributed by atoms with van der Waals surface area (Å²) >= 11 is 0. The number of nitrogens with two attached hydrogens (primary N) is 1.